The van der Waals surface area contributed by atoms with Crippen molar-refractivity contribution in [1.82, 2.24) is 0 Å². The lowest BCUT2D eigenvalue weighted by Crippen LogP contribution is -2.30. The Labute approximate surface area is 438 Å². The summed E-state index contributed by atoms with van der Waals surface area (Å²) in [6.07, 6.45) is 79.3. The molecule has 6 nitrogen and oxygen atoms in total. The molecule has 0 saturated heterocycles. The lowest BCUT2D eigenvalue weighted by atomic mass is 10.1. The number of carbonyl (C=O) groups is 3. The van der Waals surface area contributed by atoms with Crippen LogP contribution < -0.4 is 0 Å². The molecule has 0 saturated carbocycles. The van der Waals surface area contributed by atoms with Gasteiger partial charge < -0.3 is 14.2 Å². The zero-order valence-corrected chi connectivity index (χ0v) is 46.2. The van der Waals surface area contributed by atoms with Gasteiger partial charge in [-0.15, -0.1) is 0 Å². The van der Waals surface area contributed by atoms with Gasteiger partial charge in [0.1, 0.15) is 13.2 Å². The Kier molecular flexibility index (Phi) is 55.4. The van der Waals surface area contributed by atoms with Crippen LogP contribution in [0.3, 0.4) is 0 Å². The molecular weight excluding hydrogens is 877 g/mol. The number of ether oxygens (including phenoxy) is 3. The Bertz CT molecular complexity index is 1460. The number of allylic oxidation sites excluding steroid dienone is 18. The minimum atomic E-state index is -0.811. The largest absolute Gasteiger partial charge is 0.462 e. The zero-order chi connectivity index (χ0) is 51.4. The van der Waals surface area contributed by atoms with Crippen molar-refractivity contribution in [3.8, 4) is 0 Å². The molecule has 0 aliphatic rings. The monoisotopic (exact) mass is 985 g/mol. The fourth-order valence-electron chi connectivity index (χ4n) is 7.83. The molecule has 0 aromatic heterocycles. The first-order chi connectivity index (χ1) is 35.0. The smallest absolute Gasteiger partial charge is 0.306 e. The van der Waals surface area contributed by atoms with E-state index in [2.05, 4.69) is 130 Å². The molecular formula is C65H108O6. The van der Waals surface area contributed by atoms with Crippen LogP contribution in [-0.2, 0) is 28.6 Å². The van der Waals surface area contributed by atoms with Gasteiger partial charge in [-0.2, -0.15) is 0 Å². The summed E-state index contributed by atoms with van der Waals surface area (Å²) in [7, 11) is 0. The second kappa shape index (κ2) is 58.6. The van der Waals surface area contributed by atoms with E-state index in [9.17, 15) is 14.4 Å². The maximum atomic E-state index is 12.9. The third-order valence-corrected chi connectivity index (χ3v) is 12.2. The molecule has 404 valence electrons. The minimum Gasteiger partial charge on any atom is -0.462 e. The second-order valence-electron chi connectivity index (χ2n) is 19.2. The quantitative estimate of drug-likeness (QED) is 0.0261. The molecule has 71 heavy (non-hydrogen) atoms. The van der Waals surface area contributed by atoms with Crippen LogP contribution in [0.25, 0.3) is 0 Å². The Morgan fingerprint density at radius 2 is 0.563 bits per heavy atom. The SMILES string of the molecule is CC/C=C\C/C=C\C/C=C\C/C=C\C/C=C\CCCC(=O)OCC(COC(=O)CCCCCCCCC/C=C\C/C=C\CCCCCC)OC(=O)CCCCCCCCC/C=C\C/C=C\CCCCCC. The van der Waals surface area contributed by atoms with Crippen molar-refractivity contribution in [2.75, 3.05) is 13.2 Å². The van der Waals surface area contributed by atoms with E-state index in [-0.39, 0.29) is 37.5 Å². The fourth-order valence-corrected chi connectivity index (χ4v) is 7.83. The molecule has 0 N–H and O–H groups in total. The van der Waals surface area contributed by atoms with Crippen LogP contribution in [0.4, 0.5) is 0 Å². The summed E-state index contributed by atoms with van der Waals surface area (Å²) in [5.74, 6) is -0.978. The van der Waals surface area contributed by atoms with Gasteiger partial charge in [-0.1, -0.05) is 233 Å². The van der Waals surface area contributed by atoms with E-state index < -0.39 is 6.10 Å². The maximum Gasteiger partial charge on any atom is 0.306 e. The molecule has 0 aromatic carbocycles. The van der Waals surface area contributed by atoms with Gasteiger partial charge in [0.15, 0.2) is 6.10 Å². The van der Waals surface area contributed by atoms with E-state index in [1.54, 1.807) is 0 Å². The van der Waals surface area contributed by atoms with Gasteiger partial charge in [-0.05, 0) is 122 Å². The lowest BCUT2D eigenvalue weighted by Gasteiger charge is -2.18. The van der Waals surface area contributed by atoms with E-state index in [0.29, 0.717) is 19.3 Å². The number of hydrogen-bond donors (Lipinski definition) is 0. The molecule has 0 aliphatic heterocycles. The normalized spacial score (nSPS) is 12.9. The number of esters is 3. The average molecular weight is 986 g/mol. The number of unbranched alkanes of at least 4 members (excludes halogenated alkanes) is 23. The summed E-state index contributed by atoms with van der Waals surface area (Å²) >= 11 is 0. The van der Waals surface area contributed by atoms with Crippen molar-refractivity contribution in [3.05, 3.63) is 109 Å². The molecule has 0 fully saturated rings. The highest BCUT2D eigenvalue weighted by molar-refractivity contribution is 5.71. The third-order valence-electron chi connectivity index (χ3n) is 12.2. The summed E-state index contributed by atoms with van der Waals surface area (Å²) in [4.78, 5) is 38.2. The first kappa shape index (κ1) is 67.1. The van der Waals surface area contributed by atoms with Gasteiger partial charge in [0.2, 0.25) is 0 Å². The molecule has 6 heteroatoms. The molecule has 0 spiro atoms. The summed E-state index contributed by atoms with van der Waals surface area (Å²) in [5.41, 5.74) is 0. The lowest BCUT2D eigenvalue weighted by molar-refractivity contribution is -0.167. The first-order valence-corrected chi connectivity index (χ1v) is 29.4. The molecule has 0 radical (unpaired) electrons. The highest BCUT2D eigenvalue weighted by Gasteiger charge is 2.19. The highest BCUT2D eigenvalue weighted by atomic mass is 16.6. The second-order valence-corrected chi connectivity index (χ2v) is 19.2. The highest BCUT2D eigenvalue weighted by Crippen LogP contribution is 2.14. The third kappa shape index (κ3) is 56.9. The molecule has 0 amide bonds. The summed E-state index contributed by atoms with van der Waals surface area (Å²) in [5, 5.41) is 0. The molecule has 1 atom stereocenters. The zero-order valence-electron chi connectivity index (χ0n) is 46.2. The molecule has 0 heterocycles. The maximum absolute atomic E-state index is 12.9. The Balaban J connectivity index is 4.51. The van der Waals surface area contributed by atoms with Gasteiger partial charge in [0.05, 0.1) is 0 Å². The molecule has 1 unspecified atom stereocenters. The summed E-state index contributed by atoms with van der Waals surface area (Å²) in [6, 6.07) is 0. The van der Waals surface area contributed by atoms with Gasteiger partial charge in [-0.3, -0.25) is 14.4 Å². The Morgan fingerprint density at radius 1 is 0.296 bits per heavy atom. The molecule has 0 aromatic rings. The molecule has 0 bridgehead atoms. The van der Waals surface area contributed by atoms with E-state index in [0.717, 1.165) is 103 Å². The van der Waals surface area contributed by atoms with E-state index in [4.69, 9.17) is 14.2 Å². The summed E-state index contributed by atoms with van der Waals surface area (Å²) in [6.45, 7) is 6.44. The van der Waals surface area contributed by atoms with E-state index >= 15 is 0 Å². The fraction of sp³-hybridized carbons (Fsp3) is 0.677. The predicted octanol–water partition coefficient (Wildman–Crippen LogP) is 19.9. The number of hydrogen-bond acceptors (Lipinski definition) is 6. The van der Waals surface area contributed by atoms with Crippen LogP contribution in [0.15, 0.2) is 109 Å². The number of rotatable bonds is 52. The Hall–Kier alpha value is -3.93. The van der Waals surface area contributed by atoms with Crippen molar-refractivity contribution in [3.63, 3.8) is 0 Å². The van der Waals surface area contributed by atoms with Crippen LogP contribution in [0, 0.1) is 0 Å². The van der Waals surface area contributed by atoms with Gasteiger partial charge >= 0.3 is 17.9 Å². The van der Waals surface area contributed by atoms with Gasteiger partial charge in [-0.25, -0.2) is 0 Å². The van der Waals surface area contributed by atoms with Crippen molar-refractivity contribution < 1.29 is 28.6 Å². The Morgan fingerprint density at radius 3 is 0.915 bits per heavy atom. The van der Waals surface area contributed by atoms with Crippen LogP contribution in [0.1, 0.15) is 265 Å². The van der Waals surface area contributed by atoms with E-state index in [1.165, 1.54) is 116 Å². The molecule has 0 aliphatic carbocycles. The average Bonchev–Trinajstić information content (AvgIpc) is 3.37. The first-order valence-electron chi connectivity index (χ1n) is 29.4. The standard InChI is InChI=1S/C65H108O6/c1-4-7-10-13-16-19-22-25-28-31-34-37-40-43-46-49-52-55-58-64(67)70-61-62(60-69-63(66)57-54-51-48-45-42-39-36-33-30-27-24-21-18-15-12-9-6-3)71-65(68)59-56-53-50-47-44-41-38-35-32-29-26-23-20-17-14-11-8-5-2/h9,12,18-23,27-32,36,39,45,48,62H,4-8,10-11,13-17,24-26,33-35,37-38,40-44,46-47,49-61H2,1-3H3/b12-9-,21-18-,22-19-,23-20-,30-27-,31-28-,32-29-,39-36-,48-45-. The minimum absolute atomic E-state index is 0.104. The number of carbonyl (C=O) groups excluding carboxylic acids is 3. The predicted molar refractivity (Wildman–Crippen MR) is 307 cm³/mol. The van der Waals surface area contributed by atoms with Crippen molar-refractivity contribution in [2.24, 2.45) is 0 Å². The van der Waals surface area contributed by atoms with Crippen molar-refractivity contribution in [1.29, 1.82) is 0 Å². The van der Waals surface area contributed by atoms with Crippen LogP contribution in [0.5, 0.6) is 0 Å². The van der Waals surface area contributed by atoms with Crippen LogP contribution in [-0.4, -0.2) is 37.2 Å². The van der Waals surface area contributed by atoms with Crippen molar-refractivity contribution in [2.45, 2.75) is 271 Å². The molecule has 0 rings (SSSR count). The topological polar surface area (TPSA) is 78.9 Å². The van der Waals surface area contributed by atoms with Gasteiger partial charge in [0, 0.05) is 19.3 Å². The van der Waals surface area contributed by atoms with Crippen LogP contribution in [0.2, 0.25) is 0 Å². The van der Waals surface area contributed by atoms with Crippen molar-refractivity contribution >= 4 is 17.9 Å². The van der Waals surface area contributed by atoms with Gasteiger partial charge in [0.25, 0.3) is 0 Å². The summed E-state index contributed by atoms with van der Waals surface area (Å²) < 4.78 is 16.8. The van der Waals surface area contributed by atoms with Crippen LogP contribution >= 0.6 is 0 Å². The van der Waals surface area contributed by atoms with E-state index in [1.807, 2.05) is 0 Å².